The summed E-state index contributed by atoms with van der Waals surface area (Å²) >= 11 is 6.04. The first kappa shape index (κ1) is 20.7. The van der Waals surface area contributed by atoms with Crippen LogP contribution >= 0.6 is 11.6 Å². The smallest absolute Gasteiger partial charge is 0.331 e. The molecule has 0 saturated carbocycles. The summed E-state index contributed by atoms with van der Waals surface area (Å²) in [5, 5.41) is 3.24. The van der Waals surface area contributed by atoms with Crippen LogP contribution < -0.4 is 5.32 Å². The fourth-order valence-corrected chi connectivity index (χ4v) is 2.52. The van der Waals surface area contributed by atoms with Gasteiger partial charge in [0.05, 0.1) is 0 Å². The van der Waals surface area contributed by atoms with Gasteiger partial charge in [-0.2, -0.15) is 0 Å². The Balaban J connectivity index is 1.89. The molecule has 142 valence electrons. The first-order valence-corrected chi connectivity index (χ1v) is 9.19. The first-order valence-electron chi connectivity index (χ1n) is 8.82. The molecule has 0 heterocycles. The number of carbonyl (C=O) groups is 2. The second-order valence-corrected chi connectivity index (χ2v) is 7.09. The fourth-order valence-electron chi connectivity index (χ4n) is 2.34. The summed E-state index contributed by atoms with van der Waals surface area (Å²) in [6.07, 6.45) is 2.05. The highest BCUT2D eigenvalue weighted by Gasteiger charge is 2.17. The van der Waals surface area contributed by atoms with Crippen molar-refractivity contribution in [1.82, 2.24) is 0 Å². The molecule has 0 aliphatic rings. The normalized spacial score (nSPS) is 12.2. The maximum absolute atomic E-state index is 12.2. The molecule has 0 spiro atoms. The van der Waals surface area contributed by atoms with E-state index < -0.39 is 18.0 Å². The van der Waals surface area contributed by atoms with Crippen LogP contribution in [-0.2, 0) is 14.3 Å². The number of halogens is 1. The highest BCUT2D eigenvalue weighted by Crippen LogP contribution is 2.20. The molecular formula is C22H24ClNO3. The van der Waals surface area contributed by atoms with Gasteiger partial charge in [-0.15, -0.1) is 0 Å². The predicted molar refractivity (Wildman–Crippen MR) is 110 cm³/mol. The van der Waals surface area contributed by atoms with Crippen molar-refractivity contribution in [1.29, 1.82) is 0 Å². The molecule has 2 aromatic rings. The molecule has 1 atom stereocenters. The molecule has 5 heteroatoms. The van der Waals surface area contributed by atoms with Crippen molar-refractivity contribution in [3.05, 3.63) is 70.3 Å². The monoisotopic (exact) mass is 385 g/mol. The minimum absolute atomic E-state index is 0.419. The number of ether oxygens (including phenoxy) is 1. The van der Waals surface area contributed by atoms with Crippen molar-refractivity contribution >= 4 is 35.2 Å². The summed E-state index contributed by atoms with van der Waals surface area (Å²) in [6, 6.07) is 13.1. The van der Waals surface area contributed by atoms with Gasteiger partial charge in [-0.3, -0.25) is 4.79 Å². The summed E-state index contributed by atoms with van der Waals surface area (Å²) < 4.78 is 5.15. The number of nitrogens with one attached hydrogen (secondary N) is 1. The van der Waals surface area contributed by atoms with Crippen molar-refractivity contribution in [3.8, 4) is 0 Å². The summed E-state index contributed by atoms with van der Waals surface area (Å²) in [5.74, 6) is -0.541. The third kappa shape index (κ3) is 6.26. The number of benzene rings is 2. The Labute approximate surface area is 165 Å². The molecular weight excluding hydrogens is 362 g/mol. The van der Waals surface area contributed by atoms with Crippen molar-refractivity contribution < 1.29 is 14.3 Å². The van der Waals surface area contributed by atoms with Crippen LogP contribution in [0.1, 0.15) is 43.4 Å². The molecule has 4 nitrogen and oxygen atoms in total. The average Bonchev–Trinajstić information content (AvgIpc) is 2.63. The predicted octanol–water partition coefficient (Wildman–Crippen LogP) is 5.36. The van der Waals surface area contributed by atoms with Gasteiger partial charge in [0.15, 0.2) is 6.10 Å². The standard InChI is InChI=1S/C22H24ClNO3/c1-14(2)18-9-6-17(7-10-18)8-12-21(25)27-16(4)22(26)24-19-11-5-15(3)20(23)13-19/h5-14,16H,1-4H3,(H,24,26)/b12-8+/t16-/m0/s1. The zero-order chi connectivity index (χ0) is 20.0. The van der Waals surface area contributed by atoms with E-state index in [0.717, 1.165) is 11.1 Å². The third-order valence-electron chi connectivity index (χ3n) is 4.12. The van der Waals surface area contributed by atoms with Crippen molar-refractivity contribution in [2.75, 3.05) is 5.32 Å². The van der Waals surface area contributed by atoms with E-state index in [-0.39, 0.29) is 0 Å². The van der Waals surface area contributed by atoms with Crippen molar-refractivity contribution in [3.63, 3.8) is 0 Å². The van der Waals surface area contributed by atoms with Crippen LogP contribution in [0.4, 0.5) is 5.69 Å². The van der Waals surface area contributed by atoms with Crippen LogP contribution in [0.2, 0.25) is 5.02 Å². The van der Waals surface area contributed by atoms with Gasteiger partial charge >= 0.3 is 5.97 Å². The molecule has 0 aliphatic carbocycles. The van der Waals surface area contributed by atoms with Crippen LogP contribution in [0.25, 0.3) is 6.08 Å². The lowest BCUT2D eigenvalue weighted by molar-refractivity contribution is -0.148. The molecule has 0 aliphatic heterocycles. The molecule has 0 unspecified atom stereocenters. The number of esters is 1. The third-order valence-corrected chi connectivity index (χ3v) is 4.52. The molecule has 2 rings (SSSR count). The minimum Gasteiger partial charge on any atom is -0.449 e. The number of aryl methyl sites for hydroxylation is 1. The summed E-state index contributed by atoms with van der Waals surface area (Å²) in [5.41, 5.74) is 3.60. The van der Waals surface area contributed by atoms with Crippen molar-refractivity contribution in [2.45, 2.75) is 39.7 Å². The van der Waals surface area contributed by atoms with Crippen LogP contribution in [0.3, 0.4) is 0 Å². The van der Waals surface area contributed by atoms with Crippen LogP contribution in [-0.4, -0.2) is 18.0 Å². The van der Waals surface area contributed by atoms with Gasteiger partial charge in [-0.1, -0.05) is 55.8 Å². The topological polar surface area (TPSA) is 55.4 Å². The second kappa shape index (κ2) is 9.38. The van der Waals surface area contributed by atoms with E-state index in [1.54, 1.807) is 18.2 Å². The van der Waals surface area contributed by atoms with Gasteiger partial charge in [0, 0.05) is 16.8 Å². The highest BCUT2D eigenvalue weighted by atomic mass is 35.5. The molecule has 27 heavy (non-hydrogen) atoms. The van der Waals surface area contributed by atoms with Gasteiger partial charge in [0.25, 0.3) is 5.91 Å². The number of amides is 1. The zero-order valence-electron chi connectivity index (χ0n) is 16.0. The zero-order valence-corrected chi connectivity index (χ0v) is 16.7. The van der Waals surface area contributed by atoms with E-state index in [1.807, 2.05) is 37.3 Å². The number of anilines is 1. The number of hydrogen-bond acceptors (Lipinski definition) is 3. The number of carbonyl (C=O) groups excluding carboxylic acids is 2. The Morgan fingerprint density at radius 2 is 1.74 bits per heavy atom. The lowest BCUT2D eigenvalue weighted by Crippen LogP contribution is -2.29. The number of rotatable bonds is 6. The summed E-state index contributed by atoms with van der Waals surface area (Å²) in [7, 11) is 0. The maximum Gasteiger partial charge on any atom is 0.331 e. The van der Waals surface area contributed by atoms with Crippen LogP contribution in [0, 0.1) is 6.92 Å². The van der Waals surface area contributed by atoms with E-state index in [1.165, 1.54) is 18.6 Å². The Morgan fingerprint density at radius 1 is 1.07 bits per heavy atom. The van der Waals surface area contributed by atoms with Gasteiger partial charge in [-0.25, -0.2) is 4.79 Å². The SMILES string of the molecule is Cc1ccc(NC(=O)[C@H](C)OC(=O)/C=C/c2ccc(C(C)C)cc2)cc1Cl. The Hall–Kier alpha value is -2.59. The van der Waals surface area contributed by atoms with E-state index in [4.69, 9.17) is 16.3 Å². The fraction of sp³-hybridized carbons (Fsp3) is 0.273. The van der Waals surface area contributed by atoms with Crippen LogP contribution in [0.15, 0.2) is 48.5 Å². The second-order valence-electron chi connectivity index (χ2n) is 6.69. The summed E-state index contributed by atoms with van der Waals surface area (Å²) in [4.78, 5) is 24.1. The Kier molecular flexibility index (Phi) is 7.19. The molecule has 1 amide bonds. The van der Waals surface area contributed by atoms with Crippen molar-refractivity contribution in [2.24, 2.45) is 0 Å². The Bertz CT molecular complexity index is 841. The average molecular weight is 386 g/mol. The van der Waals surface area contributed by atoms with Crippen LogP contribution in [0.5, 0.6) is 0 Å². The minimum atomic E-state index is -0.925. The first-order chi connectivity index (χ1) is 12.8. The molecule has 0 saturated heterocycles. The molecule has 2 aromatic carbocycles. The van der Waals surface area contributed by atoms with Gasteiger partial charge in [0.2, 0.25) is 0 Å². The quantitative estimate of drug-likeness (QED) is 0.538. The molecule has 0 aromatic heterocycles. The molecule has 0 radical (unpaired) electrons. The lowest BCUT2D eigenvalue weighted by Gasteiger charge is -2.13. The number of hydrogen-bond donors (Lipinski definition) is 1. The molecule has 0 bridgehead atoms. The van der Waals surface area contributed by atoms with Gasteiger partial charge < -0.3 is 10.1 Å². The van der Waals surface area contributed by atoms with E-state index >= 15 is 0 Å². The van der Waals surface area contributed by atoms with E-state index in [9.17, 15) is 9.59 Å². The lowest BCUT2D eigenvalue weighted by atomic mass is 10.0. The van der Waals surface area contributed by atoms with Gasteiger partial charge in [-0.05, 0) is 54.7 Å². The highest BCUT2D eigenvalue weighted by molar-refractivity contribution is 6.31. The largest absolute Gasteiger partial charge is 0.449 e. The summed E-state index contributed by atoms with van der Waals surface area (Å²) in [6.45, 7) is 7.65. The van der Waals surface area contributed by atoms with Gasteiger partial charge in [0.1, 0.15) is 0 Å². The maximum atomic E-state index is 12.2. The van der Waals surface area contributed by atoms with E-state index in [0.29, 0.717) is 16.6 Å². The Morgan fingerprint density at radius 3 is 2.33 bits per heavy atom. The molecule has 0 fully saturated rings. The molecule has 1 N–H and O–H groups in total. The van der Waals surface area contributed by atoms with E-state index in [2.05, 4.69) is 19.2 Å².